The second kappa shape index (κ2) is 4.00. The molecular weight excluding hydrogens is 198 g/mol. The van der Waals surface area contributed by atoms with E-state index in [1.807, 2.05) is 25.1 Å². The van der Waals surface area contributed by atoms with E-state index in [1.165, 1.54) is 0 Å². The largest absolute Gasteiger partial charge is 0.384 e. The predicted octanol–water partition coefficient (Wildman–Crippen LogP) is 3.02. The van der Waals surface area contributed by atoms with Gasteiger partial charge in [0.25, 0.3) is 0 Å². The maximum atomic E-state index is 6.04. The van der Waals surface area contributed by atoms with Gasteiger partial charge in [0.1, 0.15) is 11.6 Å². The van der Waals surface area contributed by atoms with Crippen LogP contribution >= 0.6 is 0 Å². The monoisotopic (exact) mass is 215 g/mol. The summed E-state index contributed by atoms with van der Waals surface area (Å²) in [5.41, 5.74) is 8.05. The lowest BCUT2D eigenvalue weighted by Gasteiger charge is -2.13. The second-order valence-electron chi connectivity index (χ2n) is 4.24. The molecule has 0 aliphatic rings. The van der Waals surface area contributed by atoms with E-state index in [2.05, 4.69) is 35.5 Å². The van der Waals surface area contributed by atoms with Crippen molar-refractivity contribution in [2.75, 3.05) is 5.73 Å². The van der Waals surface area contributed by atoms with E-state index in [9.17, 15) is 0 Å². The van der Waals surface area contributed by atoms with Crippen LogP contribution < -0.4 is 5.73 Å². The highest BCUT2D eigenvalue weighted by Gasteiger charge is 2.15. The number of hydrogen-bond donors (Lipinski definition) is 1. The van der Waals surface area contributed by atoms with Crippen LogP contribution in [0.25, 0.3) is 11.4 Å². The normalized spacial score (nSPS) is 11.0. The molecule has 0 saturated carbocycles. The molecule has 0 radical (unpaired) electrons. The number of imidazole rings is 1. The first-order chi connectivity index (χ1) is 7.61. The maximum absolute atomic E-state index is 6.04. The summed E-state index contributed by atoms with van der Waals surface area (Å²) in [6.07, 6.45) is 0. The zero-order valence-corrected chi connectivity index (χ0v) is 9.94. The zero-order chi connectivity index (χ0) is 11.7. The van der Waals surface area contributed by atoms with Crippen molar-refractivity contribution in [1.82, 2.24) is 9.55 Å². The standard InChI is InChI=1S/C13H17N3/c1-9(2)16-12(14)10(3)15-13(16)11-7-5-4-6-8-11/h4-9H,14H2,1-3H3. The topological polar surface area (TPSA) is 43.8 Å². The van der Waals surface area contributed by atoms with Crippen LogP contribution in [0.5, 0.6) is 0 Å². The van der Waals surface area contributed by atoms with Crippen molar-refractivity contribution < 1.29 is 0 Å². The summed E-state index contributed by atoms with van der Waals surface area (Å²) in [5.74, 6) is 1.71. The smallest absolute Gasteiger partial charge is 0.142 e. The molecule has 0 atom stereocenters. The molecule has 0 saturated heterocycles. The molecule has 0 fully saturated rings. The van der Waals surface area contributed by atoms with E-state index >= 15 is 0 Å². The van der Waals surface area contributed by atoms with Crippen molar-refractivity contribution in [2.45, 2.75) is 26.8 Å². The molecule has 1 aromatic heterocycles. The Hall–Kier alpha value is -1.77. The fraction of sp³-hybridized carbons (Fsp3) is 0.308. The SMILES string of the molecule is Cc1nc(-c2ccccc2)n(C(C)C)c1N. The molecule has 1 aromatic carbocycles. The molecule has 2 aromatic rings. The third-order valence-corrected chi connectivity index (χ3v) is 2.68. The van der Waals surface area contributed by atoms with Crippen LogP contribution in [0.3, 0.4) is 0 Å². The van der Waals surface area contributed by atoms with E-state index in [4.69, 9.17) is 5.73 Å². The van der Waals surface area contributed by atoms with Gasteiger partial charge in [0.15, 0.2) is 0 Å². The summed E-state index contributed by atoms with van der Waals surface area (Å²) in [5, 5.41) is 0. The summed E-state index contributed by atoms with van der Waals surface area (Å²) >= 11 is 0. The van der Waals surface area contributed by atoms with Gasteiger partial charge in [-0.2, -0.15) is 0 Å². The maximum Gasteiger partial charge on any atom is 0.142 e. The first-order valence-corrected chi connectivity index (χ1v) is 5.51. The number of nitrogens with two attached hydrogens (primary N) is 1. The van der Waals surface area contributed by atoms with Crippen molar-refractivity contribution in [3.8, 4) is 11.4 Å². The van der Waals surface area contributed by atoms with Gasteiger partial charge in [-0.25, -0.2) is 4.98 Å². The number of aromatic nitrogens is 2. The Labute approximate surface area is 95.9 Å². The second-order valence-corrected chi connectivity index (χ2v) is 4.24. The van der Waals surface area contributed by atoms with Crippen molar-refractivity contribution in [2.24, 2.45) is 0 Å². The highest BCUT2D eigenvalue weighted by atomic mass is 15.2. The number of rotatable bonds is 2. The van der Waals surface area contributed by atoms with E-state index in [0.717, 1.165) is 22.9 Å². The molecule has 84 valence electrons. The average Bonchev–Trinajstić information content (AvgIpc) is 2.57. The predicted molar refractivity (Wildman–Crippen MR) is 67.2 cm³/mol. The molecule has 16 heavy (non-hydrogen) atoms. The van der Waals surface area contributed by atoms with E-state index in [-0.39, 0.29) is 0 Å². The molecule has 1 heterocycles. The Morgan fingerprint density at radius 1 is 1.19 bits per heavy atom. The Bertz CT molecular complexity index is 483. The molecule has 2 N–H and O–H groups in total. The lowest BCUT2D eigenvalue weighted by molar-refractivity contribution is 0.614. The summed E-state index contributed by atoms with van der Waals surface area (Å²) in [6.45, 7) is 6.18. The molecule has 0 aliphatic carbocycles. The van der Waals surface area contributed by atoms with Crippen molar-refractivity contribution in [3.63, 3.8) is 0 Å². The van der Waals surface area contributed by atoms with Crippen molar-refractivity contribution in [1.29, 1.82) is 0 Å². The van der Waals surface area contributed by atoms with Gasteiger partial charge in [-0.05, 0) is 20.8 Å². The van der Waals surface area contributed by atoms with Crippen LogP contribution in [-0.4, -0.2) is 9.55 Å². The Morgan fingerprint density at radius 3 is 2.38 bits per heavy atom. The Morgan fingerprint density at radius 2 is 1.81 bits per heavy atom. The minimum atomic E-state index is 0.316. The minimum Gasteiger partial charge on any atom is -0.384 e. The van der Waals surface area contributed by atoms with Crippen LogP contribution in [0, 0.1) is 6.92 Å². The summed E-state index contributed by atoms with van der Waals surface area (Å²) in [4.78, 5) is 4.54. The van der Waals surface area contributed by atoms with Gasteiger partial charge in [-0.3, -0.25) is 0 Å². The van der Waals surface area contributed by atoms with Gasteiger partial charge in [0.05, 0.1) is 5.69 Å². The summed E-state index contributed by atoms with van der Waals surface area (Å²) in [6, 6.07) is 10.5. The van der Waals surface area contributed by atoms with Crippen LogP contribution in [0.4, 0.5) is 5.82 Å². The molecule has 3 heteroatoms. The number of nitrogens with zero attached hydrogens (tertiary/aromatic N) is 2. The highest BCUT2D eigenvalue weighted by molar-refractivity contribution is 5.60. The molecule has 0 bridgehead atoms. The van der Waals surface area contributed by atoms with E-state index in [0.29, 0.717) is 6.04 Å². The number of hydrogen-bond acceptors (Lipinski definition) is 2. The molecule has 3 nitrogen and oxygen atoms in total. The van der Waals surface area contributed by atoms with Crippen molar-refractivity contribution >= 4 is 5.82 Å². The summed E-state index contributed by atoms with van der Waals surface area (Å²) < 4.78 is 2.07. The molecular formula is C13H17N3. The Balaban J connectivity index is 2.62. The number of aryl methyl sites for hydroxylation is 1. The number of benzene rings is 1. The quantitative estimate of drug-likeness (QED) is 0.836. The van der Waals surface area contributed by atoms with Crippen LogP contribution in [-0.2, 0) is 0 Å². The van der Waals surface area contributed by atoms with Gasteiger partial charge in [-0.1, -0.05) is 30.3 Å². The zero-order valence-electron chi connectivity index (χ0n) is 9.94. The van der Waals surface area contributed by atoms with Gasteiger partial charge >= 0.3 is 0 Å². The lowest BCUT2D eigenvalue weighted by atomic mass is 10.2. The minimum absolute atomic E-state index is 0.316. The third-order valence-electron chi connectivity index (χ3n) is 2.68. The average molecular weight is 215 g/mol. The van der Waals surface area contributed by atoms with Crippen LogP contribution in [0.2, 0.25) is 0 Å². The van der Waals surface area contributed by atoms with E-state index in [1.54, 1.807) is 0 Å². The molecule has 0 aliphatic heterocycles. The number of nitrogen functional groups attached to an aromatic ring is 1. The number of anilines is 1. The molecule has 2 rings (SSSR count). The van der Waals surface area contributed by atoms with Gasteiger partial charge in [0.2, 0.25) is 0 Å². The molecule has 0 spiro atoms. The van der Waals surface area contributed by atoms with Gasteiger partial charge in [-0.15, -0.1) is 0 Å². The summed E-state index contributed by atoms with van der Waals surface area (Å²) in [7, 11) is 0. The van der Waals surface area contributed by atoms with Gasteiger partial charge < -0.3 is 10.3 Å². The lowest BCUT2D eigenvalue weighted by Crippen LogP contribution is -2.07. The first-order valence-electron chi connectivity index (χ1n) is 5.51. The van der Waals surface area contributed by atoms with Gasteiger partial charge in [0, 0.05) is 11.6 Å². The van der Waals surface area contributed by atoms with Crippen LogP contribution in [0.1, 0.15) is 25.6 Å². The van der Waals surface area contributed by atoms with Crippen molar-refractivity contribution in [3.05, 3.63) is 36.0 Å². The fourth-order valence-corrected chi connectivity index (χ4v) is 1.87. The fourth-order valence-electron chi connectivity index (χ4n) is 1.87. The van der Waals surface area contributed by atoms with E-state index < -0.39 is 0 Å². The molecule has 0 unspecified atom stereocenters. The molecule has 0 amide bonds. The van der Waals surface area contributed by atoms with Crippen LogP contribution in [0.15, 0.2) is 30.3 Å². The highest BCUT2D eigenvalue weighted by Crippen LogP contribution is 2.27. The first kappa shape index (κ1) is 10.7. The Kier molecular flexibility index (Phi) is 2.69. The third kappa shape index (κ3) is 1.69.